The quantitative estimate of drug-likeness (QED) is 0.263. The minimum atomic E-state index is -0.760. The zero-order valence-electron chi connectivity index (χ0n) is 14.4. The molecule has 0 radical (unpaired) electrons. The Morgan fingerprint density at radius 1 is 0.957 bits per heavy atom. The summed E-state index contributed by atoms with van der Waals surface area (Å²) in [6.07, 6.45) is 23.5. The van der Waals surface area contributed by atoms with E-state index in [1.165, 1.54) is 19.3 Å². The molecule has 0 heterocycles. The molecule has 0 aliphatic heterocycles. The molecule has 2 N–H and O–H groups in total. The van der Waals surface area contributed by atoms with Crippen molar-refractivity contribution in [3.63, 3.8) is 0 Å². The fourth-order valence-corrected chi connectivity index (χ4v) is 1.96. The Morgan fingerprint density at radius 3 is 2.43 bits per heavy atom. The molecule has 1 atom stereocenters. The highest BCUT2D eigenvalue weighted by molar-refractivity contribution is 5.66. The van der Waals surface area contributed by atoms with Gasteiger partial charge in [-0.05, 0) is 38.5 Å². The van der Waals surface area contributed by atoms with Gasteiger partial charge < -0.3 is 10.2 Å². The molecule has 0 bridgehead atoms. The fourth-order valence-electron chi connectivity index (χ4n) is 1.96. The summed E-state index contributed by atoms with van der Waals surface area (Å²) in [5.41, 5.74) is 0. The summed E-state index contributed by atoms with van der Waals surface area (Å²) in [5.74, 6) is -0.760. The maximum absolute atomic E-state index is 10.3. The Kier molecular flexibility index (Phi) is 15.6. The van der Waals surface area contributed by atoms with Crippen molar-refractivity contribution in [1.29, 1.82) is 0 Å². The predicted molar refractivity (Wildman–Crippen MR) is 97.4 cm³/mol. The van der Waals surface area contributed by atoms with Crippen LogP contribution in [0.25, 0.3) is 0 Å². The van der Waals surface area contributed by atoms with Gasteiger partial charge in [0.1, 0.15) is 0 Å². The van der Waals surface area contributed by atoms with E-state index in [4.69, 9.17) is 5.11 Å². The third-order valence-corrected chi connectivity index (χ3v) is 3.30. The van der Waals surface area contributed by atoms with Crippen LogP contribution < -0.4 is 0 Å². The summed E-state index contributed by atoms with van der Waals surface area (Å²) in [5, 5.41) is 18.2. The van der Waals surface area contributed by atoms with E-state index in [1.807, 2.05) is 24.3 Å². The zero-order chi connectivity index (χ0) is 17.2. The minimum Gasteiger partial charge on any atom is -0.481 e. The third-order valence-electron chi connectivity index (χ3n) is 3.30. The van der Waals surface area contributed by atoms with E-state index in [-0.39, 0.29) is 6.42 Å². The van der Waals surface area contributed by atoms with Crippen molar-refractivity contribution in [2.45, 2.75) is 70.8 Å². The van der Waals surface area contributed by atoms with Crippen molar-refractivity contribution in [3.05, 3.63) is 48.6 Å². The molecule has 1 unspecified atom stereocenters. The number of aliphatic hydroxyl groups excluding tert-OH is 1. The number of aliphatic carboxylic acids is 1. The first-order valence-corrected chi connectivity index (χ1v) is 8.70. The van der Waals surface area contributed by atoms with Crippen LogP contribution in [-0.2, 0) is 4.79 Å². The largest absolute Gasteiger partial charge is 0.481 e. The molecule has 3 nitrogen and oxygen atoms in total. The maximum atomic E-state index is 10.3. The van der Waals surface area contributed by atoms with Gasteiger partial charge in [0.05, 0.1) is 6.10 Å². The number of hydrogen-bond donors (Lipinski definition) is 2. The first-order valence-electron chi connectivity index (χ1n) is 8.70. The molecule has 0 saturated heterocycles. The van der Waals surface area contributed by atoms with Crippen molar-refractivity contribution in [3.8, 4) is 0 Å². The Labute approximate surface area is 141 Å². The summed E-state index contributed by atoms with van der Waals surface area (Å²) in [4.78, 5) is 10.3. The van der Waals surface area contributed by atoms with Crippen LogP contribution in [0, 0.1) is 0 Å². The monoisotopic (exact) mass is 320 g/mol. The lowest BCUT2D eigenvalue weighted by atomic mass is 10.2. The minimum absolute atomic E-state index is 0.199. The Bertz CT molecular complexity index is 392. The zero-order valence-corrected chi connectivity index (χ0v) is 14.4. The molecule has 0 aliphatic rings. The third kappa shape index (κ3) is 18.3. The van der Waals surface area contributed by atoms with Crippen LogP contribution in [0.5, 0.6) is 0 Å². The standard InChI is InChI=1S/C20H32O3/c1-2-3-4-5-6-7-8-9-10-13-16-19(21)17-14-11-12-15-18-20(22)23/h6-7,9-11,13-14,16,19,21H,2-5,8,12,15,17-18H2,1H3,(H,22,23)/b7-6-,10-9-,14-11-,16-13+. The van der Waals surface area contributed by atoms with Gasteiger partial charge in [-0.2, -0.15) is 0 Å². The summed E-state index contributed by atoms with van der Waals surface area (Å²) >= 11 is 0. The van der Waals surface area contributed by atoms with Gasteiger partial charge in [-0.25, -0.2) is 0 Å². The first kappa shape index (κ1) is 21.4. The molecular formula is C20H32O3. The van der Waals surface area contributed by atoms with Crippen LogP contribution >= 0.6 is 0 Å². The molecule has 0 spiro atoms. The normalized spacial score (nSPS) is 13.8. The Morgan fingerprint density at radius 2 is 1.70 bits per heavy atom. The van der Waals surface area contributed by atoms with E-state index in [2.05, 4.69) is 25.2 Å². The van der Waals surface area contributed by atoms with Crippen molar-refractivity contribution >= 4 is 5.97 Å². The first-order chi connectivity index (χ1) is 11.2. The number of hydrogen-bond acceptors (Lipinski definition) is 2. The second kappa shape index (κ2) is 16.8. The summed E-state index contributed by atoms with van der Waals surface area (Å²) in [6, 6.07) is 0. The number of unbranched alkanes of at least 4 members (excludes halogenated alkanes) is 4. The van der Waals surface area contributed by atoms with Crippen LogP contribution in [0.2, 0.25) is 0 Å². The van der Waals surface area contributed by atoms with Gasteiger partial charge in [0, 0.05) is 6.42 Å². The molecule has 0 aliphatic carbocycles. The van der Waals surface area contributed by atoms with Crippen molar-refractivity contribution in [2.24, 2.45) is 0 Å². The summed E-state index contributed by atoms with van der Waals surface area (Å²) in [6.45, 7) is 2.21. The van der Waals surface area contributed by atoms with Gasteiger partial charge in [-0.1, -0.05) is 68.4 Å². The average molecular weight is 320 g/mol. The Balaban J connectivity index is 3.63. The van der Waals surface area contributed by atoms with Gasteiger partial charge in [0.25, 0.3) is 0 Å². The molecule has 0 aromatic rings. The van der Waals surface area contributed by atoms with Crippen LogP contribution in [0.15, 0.2) is 48.6 Å². The van der Waals surface area contributed by atoms with E-state index < -0.39 is 12.1 Å². The number of carboxylic acids is 1. The molecule has 0 rings (SSSR count). The average Bonchev–Trinajstić information content (AvgIpc) is 2.52. The second-order valence-electron chi connectivity index (χ2n) is 5.58. The van der Waals surface area contributed by atoms with E-state index in [0.717, 1.165) is 19.3 Å². The smallest absolute Gasteiger partial charge is 0.303 e. The molecule has 23 heavy (non-hydrogen) atoms. The number of rotatable bonds is 14. The molecule has 3 heteroatoms. The molecule has 0 fully saturated rings. The number of aliphatic hydroxyl groups is 1. The van der Waals surface area contributed by atoms with Crippen LogP contribution in [-0.4, -0.2) is 22.3 Å². The summed E-state index contributed by atoms with van der Waals surface area (Å²) < 4.78 is 0. The topological polar surface area (TPSA) is 57.5 Å². The van der Waals surface area contributed by atoms with E-state index in [0.29, 0.717) is 12.8 Å². The molecule has 0 aromatic heterocycles. The van der Waals surface area contributed by atoms with Gasteiger partial charge in [0.15, 0.2) is 0 Å². The van der Waals surface area contributed by atoms with Crippen molar-refractivity contribution in [1.82, 2.24) is 0 Å². The molecule has 130 valence electrons. The molecule has 0 aromatic carbocycles. The highest BCUT2D eigenvalue weighted by Gasteiger charge is 1.95. The van der Waals surface area contributed by atoms with Gasteiger partial charge >= 0.3 is 5.97 Å². The lowest BCUT2D eigenvalue weighted by Crippen LogP contribution is -1.98. The number of carbonyl (C=O) groups is 1. The Hall–Kier alpha value is -1.61. The van der Waals surface area contributed by atoms with E-state index in [1.54, 1.807) is 6.08 Å². The van der Waals surface area contributed by atoms with E-state index in [9.17, 15) is 9.90 Å². The lowest BCUT2D eigenvalue weighted by molar-refractivity contribution is -0.137. The second-order valence-corrected chi connectivity index (χ2v) is 5.58. The highest BCUT2D eigenvalue weighted by Crippen LogP contribution is 2.02. The molecule has 0 amide bonds. The number of allylic oxidation sites excluding steroid dienone is 6. The van der Waals surface area contributed by atoms with E-state index >= 15 is 0 Å². The van der Waals surface area contributed by atoms with Crippen molar-refractivity contribution in [2.75, 3.05) is 0 Å². The lowest BCUT2D eigenvalue weighted by Gasteiger charge is -1.99. The van der Waals surface area contributed by atoms with Gasteiger partial charge in [0.2, 0.25) is 0 Å². The van der Waals surface area contributed by atoms with Crippen LogP contribution in [0.3, 0.4) is 0 Å². The molecular weight excluding hydrogens is 288 g/mol. The predicted octanol–water partition coefficient (Wildman–Crippen LogP) is 5.19. The SMILES string of the molecule is CCCCC/C=C\C/C=C\C=C\C(O)C/C=C\CCCC(=O)O. The van der Waals surface area contributed by atoms with Gasteiger partial charge in [-0.3, -0.25) is 4.79 Å². The highest BCUT2D eigenvalue weighted by atomic mass is 16.4. The number of carboxylic acid groups (broad SMARTS) is 1. The van der Waals surface area contributed by atoms with Crippen molar-refractivity contribution < 1.29 is 15.0 Å². The van der Waals surface area contributed by atoms with Crippen LogP contribution in [0.1, 0.15) is 64.7 Å². The van der Waals surface area contributed by atoms with Gasteiger partial charge in [-0.15, -0.1) is 0 Å². The fraction of sp³-hybridized carbons (Fsp3) is 0.550. The maximum Gasteiger partial charge on any atom is 0.303 e. The van der Waals surface area contributed by atoms with Crippen LogP contribution in [0.4, 0.5) is 0 Å². The summed E-state index contributed by atoms with van der Waals surface area (Å²) in [7, 11) is 0. The molecule has 0 saturated carbocycles.